The molecule has 1 fully saturated rings. The van der Waals surface area contributed by atoms with E-state index in [-0.39, 0.29) is 17.5 Å². The van der Waals surface area contributed by atoms with Crippen LogP contribution in [-0.4, -0.2) is 19.4 Å². The highest BCUT2D eigenvalue weighted by Crippen LogP contribution is 2.30. The Balaban J connectivity index is 2.00. The number of Topliss-reactive ketones (excluding diaryl/α,β-unsaturated/α-hetero) is 1. The number of benzene rings is 1. The van der Waals surface area contributed by atoms with Crippen LogP contribution in [0.25, 0.3) is 0 Å². The average Bonchev–Trinajstić information content (AvgIpc) is 3.00. The molecule has 2 rings (SSSR count). The summed E-state index contributed by atoms with van der Waals surface area (Å²) in [5.41, 5.74) is 0.754. The Bertz CT molecular complexity index is 374. The number of carbonyl (C=O) groups is 1. The molecule has 1 saturated carbocycles. The van der Waals surface area contributed by atoms with Crippen LogP contribution in [0, 0.1) is 11.7 Å². The number of likely N-dealkylation sites (N-methyl/N-ethyl adjacent to an activating group) is 1. The topological polar surface area (TPSA) is 20.3 Å². The van der Waals surface area contributed by atoms with Gasteiger partial charge in [0, 0.05) is 18.7 Å². The first-order chi connectivity index (χ1) is 7.16. The van der Waals surface area contributed by atoms with Crippen LogP contribution in [0.4, 0.5) is 10.1 Å². The summed E-state index contributed by atoms with van der Waals surface area (Å²) in [5.74, 6) is 0.265. The molecule has 0 bridgehead atoms. The Kier molecular flexibility index (Phi) is 2.71. The molecule has 0 spiro atoms. The van der Waals surface area contributed by atoms with Crippen LogP contribution in [-0.2, 0) is 4.79 Å². The molecule has 15 heavy (non-hydrogen) atoms. The van der Waals surface area contributed by atoms with Gasteiger partial charge in [-0.3, -0.25) is 4.79 Å². The molecule has 0 saturated heterocycles. The zero-order valence-electron chi connectivity index (χ0n) is 8.74. The Hall–Kier alpha value is -1.38. The van der Waals surface area contributed by atoms with Gasteiger partial charge in [0.15, 0.2) is 5.78 Å². The number of nitrogens with zero attached hydrogens (tertiary/aromatic N) is 1. The predicted molar refractivity (Wildman–Crippen MR) is 57.4 cm³/mol. The Morgan fingerprint density at radius 3 is 2.87 bits per heavy atom. The molecule has 0 N–H and O–H groups in total. The molecule has 1 aliphatic rings. The highest BCUT2D eigenvalue weighted by Gasteiger charge is 2.29. The summed E-state index contributed by atoms with van der Waals surface area (Å²) in [4.78, 5) is 13.3. The summed E-state index contributed by atoms with van der Waals surface area (Å²) < 4.78 is 12.9. The number of anilines is 1. The van der Waals surface area contributed by atoms with Crippen LogP contribution in [0.2, 0.25) is 0 Å². The van der Waals surface area contributed by atoms with E-state index >= 15 is 0 Å². The van der Waals surface area contributed by atoms with Gasteiger partial charge in [-0.25, -0.2) is 4.39 Å². The number of carbonyl (C=O) groups excluding carboxylic acids is 1. The van der Waals surface area contributed by atoms with E-state index in [1.807, 2.05) is 13.1 Å². The van der Waals surface area contributed by atoms with E-state index in [0.717, 1.165) is 18.5 Å². The van der Waals surface area contributed by atoms with Crippen molar-refractivity contribution in [3.8, 4) is 0 Å². The highest BCUT2D eigenvalue weighted by atomic mass is 19.1. The smallest absolute Gasteiger partial charge is 0.155 e. The SMILES string of the molecule is CN(CC(=O)C1CC1)c1cccc(F)c1. The third-order valence-corrected chi connectivity index (χ3v) is 2.67. The second-order valence-electron chi connectivity index (χ2n) is 4.08. The van der Waals surface area contributed by atoms with Crippen molar-refractivity contribution in [3.63, 3.8) is 0 Å². The van der Waals surface area contributed by atoms with Crippen molar-refractivity contribution in [3.05, 3.63) is 30.1 Å². The molecule has 0 aromatic heterocycles. The molecule has 1 aromatic rings. The molecular weight excluding hydrogens is 193 g/mol. The van der Waals surface area contributed by atoms with E-state index in [9.17, 15) is 9.18 Å². The molecule has 1 aliphatic carbocycles. The van der Waals surface area contributed by atoms with Crippen molar-refractivity contribution in [1.82, 2.24) is 0 Å². The van der Waals surface area contributed by atoms with E-state index in [1.165, 1.54) is 12.1 Å². The van der Waals surface area contributed by atoms with Gasteiger partial charge >= 0.3 is 0 Å². The first-order valence-corrected chi connectivity index (χ1v) is 5.16. The van der Waals surface area contributed by atoms with Gasteiger partial charge in [-0.05, 0) is 31.0 Å². The maximum atomic E-state index is 12.9. The first-order valence-electron chi connectivity index (χ1n) is 5.16. The molecule has 2 nitrogen and oxygen atoms in total. The minimum absolute atomic E-state index is 0.265. The number of ketones is 1. The lowest BCUT2D eigenvalue weighted by Crippen LogP contribution is -2.26. The Morgan fingerprint density at radius 1 is 1.53 bits per heavy atom. The quantitative estimate of drug-likeness (QED) is 0.754. The van der Waals surface area contributed by atoms with Crippen molar-refractivity contribution in [2.75, 3.05) is 18.5 Å². The van der Waals surface area contributed by atoms with Crippen molar-refractivity contribution >= 4 is 11.5 Å². The second kappa shape index (κ2) is 4.01. The van der Waals surface area contributed by atoms with Gasteiger partial charge in [0.2, 0.25) is 0 Å². The van der Waals surface area contributed by atoms with E-state index < -0.39 is 0 Å². The summed E-state index contributed by atoms with van der Waals surface area (Å²) in [7, 11) is 1.81. The van der Waals surface area contributed by atoms with Crippen LogP contribution < -0.4 is 4.90 Å². The average molecular weight is 207 g/mol. The molecule has 3 heteroatoms. The van der Waals surface area contributed by atoms with Crippen LogP contribution >= 0.6 is 0 Å². The third kappa shape index (κ3) is 2.55. The van der Waals surface area contributed by atoms with E-state index in [1.54, 1.807) is 11.0 Å². The summed E-state index contributed by atoms with van der Waals surface area (Å²) in [6.07, 6.45) is 2.05. The third-order valence-electron chi connectivity index (χ3n) is 2.67. The van der Waals surface area contributed by atoms with Gasteiger partial charge in [-0.1, -0.05) is 6.07 Å². The Labute approximate surface area is 88.7 Å². The van der Waals surface area contributed by atoms with E-state index in [2.05, 4.69) is 0 Å². The molecule has 80 valence electrons. The van der Waals surface area contributed by atoms with Crippen molar-refractivity contribution in [1.29, 1.82) is 0 Å². The minimum Gasteiger partial charge on any atom is -0.367 e. The van der Waals surface area contributed by atoms with Gasteiger partial charge in [0.05, 0.1) is 6.54 Å². The van der Waals surface area contributed by atoms with Crippen molar-refractivity contribution in [2.45, 2.75) is 12.8 Å². The van der Waals surface area contributed by atoms with E-state index in [0.29, 0.717) is 6.54 Å². The lowest BCUT2D eigenvalue weighted by atomic mass is 10.2. The first kappa shape index (κ1) is 10.1. The fourth-order valence-corrected chi connectivity index (χ4v) is 1.57. The standard InChI is InChI=1S/C12H14FNO/c1-14(8-12(15)9-5-6-9)11-4-2-3-10(13)7-11/h2-4,7,9H,5-6,8H2,1H3. The highest BCUT2D eigenvalue weighted by molar-refractivity contribution is 5.87. The van der Waals surface area contributed by atoms with Gasteiger partial charge in [0.25, 0.3) is 0 Å². The van der Waals surface area contributed by atoms with Crippen LogP contribution in [0.3, 0.4) is 0 Å². The molecule has 0 radical (unpaired) electrons. The monoisotopic (exact) mass is 207 g/mol. The number of hydrogen-bond donors (Lipinski definition) is 0. The van der Waals surface area contributed by atoms with E-state index in [4.69, 9.17) is 0 Å². The second-order valence-corrected chi connectivity index (χ2v) is 4.08. The van der Waals surface area contributed by atoms with Gasteiger partial charge in [-0.2, -0.15) is 0 Å². The number of rotatable bonds is 4. The minimum atomic E-state index is -0.266. The predicted octanol–water partition coefficient (Wildman–Crippen LogP) is 2.24. The summed E-state index contributed by atoms with van der Waals surface area (Å²) >= 11 is 0. The molecular formula is C12H14FNO. The lowest BCUT2D eigenvalue weighted by molar-refractivity contribution is -0.118. The molecule has 0 amide bonds. The molecule has 1 aromatic carbocycles. The maximum Gasteiger partial charge on any atom is 0.155 e. The molecule has 0 heterocycles. The maximum absolute atomic E-state index is 12.9. The van der Waals surface area contributed by atoms with Crippen LogP contribution in [0.15, 0.2) is 24.3 Å². The zero-order chi connectivity index (χ0) is 10.8. The largest absolute Gasteiger partial charge is 0.367 e. The van der Waals surface area contributed by atoms with Crippen LogP contribution in [0.1, 0.15) is 12.8 Å². The van der Waals surface area contributed by atoms with Crippen molar-refractivity contribution < 1.29 is 9.18 Å². The summed E-state index contributed by atoms with van der Waals surface area (Å²) in [6, 6.07) is 6.31. The van der Waals surface area contributed by atoms with Crippen LogP contribution in [0.5, 0.6) is 0 Å². The van der Waals surface area contributed by atoms with Gasteiger partial charge < -0.3 is 4.90 Å². The lowest BCUT2D eigenvalue weighted by Gasteiger charge is -2.18. The normalized spacial score (nSPS) is 15.1. The Morgan fingerprint density at radius 2 is 2.27 bits per heavy atom. The van der Waals surface area contributed by atoms with Gasteiger partial charge in [-0.15, -0.1) is 0 Å². The molecule has 0 atom stereocenters. The summed E-state index contributed by atoms with van der Waals surface area (Å²) in [6.45, 7) is 0.383. The van der Waals surface area contributed by atoms with Gasteiger partial charge in [0.1, 0.15) is 5.82 Å². The molecule has 0 unspecified atom stereocenters. The molecule has 0 aliphatic heterocycles. The number of halogens is 1. The zero-order valence-corrected chi connectivity index (χ0v) is 8.74. The fraction of sp³-hybridized carbons (Fsp3) is 0.417. The fourth-order valence-electron chi connectivity index (χ4n) is 1.57. The number of hydrogen-bond acceptors (Lipinski definition) is 2. The summed E-state index contributed by atoms with van der Waals surface area (Å²) in [5, 5.41) is 0. The van der Waals surface area contributed by atoms with Crippen molar-refractivity contribution in [2.24, 2.45) is 5.92 Å².